The number of furan rings is 1. The van der Waals surface area contributed by atoms with E-state index in [4.69, 9.17) is 9.15 Å². The van der Waals surface area contributed by atoms with Gasteiger partial charge in [-0.3, -0.25) is 19.2 Å². The zero-order valence-electron chi connectivity index (χ0n) is 16.0. The Bertz CT molecular complexity index is 944. The number of fused-ring (bicyclic) bond motifs is 2. The van der Waals surface area contributed by atoms with Gasteiger partial charge in [0.25, 0.3) is 0 Å². The summed E-state index contributed by atoms with van der Waals surface area (Å²) in [5.74, 6) is -2.52. The number of hydrogen-bond acceptors (Lipinski definition) is 7. The summed E-state index contributed by atoms with van der Waals surface area (Å²) in [5.41, 5.74) is 0.507. The number of benzene rings is 1. The lowest BCUT2D eigenvalue weighted by molar-refractivity contribution is -0.142. The fourth-order valence-corrected chi connectivity index (χ4v) is 3.12. The largest absolute Gasteiger partial charge is 0.465 e. The van der Waals surface area contributed by atoms with Gasteiger partial charge in [0.2, 0.25) is 11.6 Å². The average Bonchev–Trinajstić information content (AvgIpc) is 3.15. The highest BCUT2D eigenvalue weighted by Crippen LogP contribution is 2.30. The van der Waals surface area contributed by atoms with Crippen LogP contribution in [-0.4, -0.2) is 35.7 Å². The predicted octanol–water partition coefficient (Wildman–Crippen LogP) is 3.32. The number of carbonyl (C=O) groups is 5. The van der Waals surface area contributed by atoms with Gasteiger partial charge in [0.15, 0.2) is 17.3 Å². The number of ketones is 4. The predicted molar refractivity (Wildman–Crippen MR) is 101 cm³/mol. The first-order valence-corrected chi connectivity index (χ1v) is 9.39. The van der Waals surface area contributed by atoms with Crippen LogP contribution in [0.3, 0.4) is 0 Å². The SMILES string of the molecule is CC(=O)CCCCCOC(=O)CC(=O)c1cc2c(o1)C(=O)c1ccccc1C2=O. The minimum Gasteiger partial charge on any atom is -0.465 e. The molecular weight excluding hydrogens is 376 g/mol. The van der Waals surface area contributed by atoms with Crippen molar-refractivity contribution in [2.75, 3.05) is 6.61 Å². The number of unbranched alkanes of at least 4 members (excludes halogenated alkanes) is 2. The highest BCUT2D eigenvalue weighted by molar-refractivity contribution is 6.28. The van der Waals surface area contributed by atoms with Gasteiger partial charge in [-0.15, -0.1) is 0 Å². The fraction of sp³-hybridized carbons (Fsp3) is 0.318. The molecule has 0 saturated heterocycles. The molecule has 3 rings (SSSR count). The van der Waals surface area contributed by atoms with Crippen molar-refractivity contribution >= 4 is 29.1 Å². The van der Waals surface area contributed by atoms with Crippen LogP contribution < -0.4 is 0 Å². The molecule has 29 heavy (non-hydrogen) atoms. The van der Waals surface area contributed by atoms with Crippen molar-refractivity contribution in [2.24, 2.45) is 0 Å². The Morgan fingerprint density at radius 3 is 2.31 bits per heavy atom. The standard InChI is InChI=1S/C22H20O7/c1-13(23)7-3-2-6-10-28-19(25)12-17(24)18-11-16-20(26)14-8-4-5-9-15(14)21(27)22(16)29-18/h4-5,8-9,11H,2-3,6-7,10,12H2,1H3. The maximum absolute atomic E-state index is 12.5. The number of carbonyl (C=O) groups excluding carboxylic acids is 5. The lowest BCUT2D eigenvalue weighted by atomic mass is 9.88. The second kappa shape index (κ2) is 8.77. The van der Waals surface area contributed by atoms with Crippen molar-refractivity contribution in [3.8, 4) is 0 Å². The van der Waals surface area contributed by atoms with Crippen molar-refractivity contribution in [1.82, 2.24) is 0 Å². The third kappa shape index (κ3) is 4.56. The number of hydrogen-bond donors (Lipinski definition) is 0. The topological polar surface area (TPSA) is 108 Å². The number of rotatable bonds is 9. The van der Waals surface area contributed by atoms with E-state index in [0.717, 1.165) is 12.8 Å². The van der Waals surface area contributed by atoms with Gasteiger partial charge < -0.3 is 13.9 Å². The monoisotopic (exact) mass is 396 g/mol. The minimum atomic E-state index is -0.711. The first-order valence-electron chi connectivity index (χ1n) is 9.39. The second-order valence-electron chi connectivity index (χ2n) is 6.89. The van der Waals surface area contributed by atoms with E-state index in [9.17, 15) is 24.0 Å². The van der Waals surface area contributed by atoms with E-state index < -0.39 is 29.7 Å². The fourth-order valence-electron chi connectivity index (χ4n) is 3.12. The van der Waals surface area contributed by atoms with E-state index in [0.29, 0.717) is 12.8 Å². The van der Waals surface area contributed by atoms with Crippen LogP contribution in [0.4, 0.5) is 0 Å². The molecule has 0 N–H and O–H groups in total. The maximum atomic E-state index is 12.5. The van der Waals surface area contributed by atoms with Crippen LogP contribution in [0, 0.1) is 0 Å². The van der Waals surface area contributed by atoms with Crippen molar-refractivity contribution in [1.29, 1.82) is 0 Å². The zero-order chi connectivity index (χ0) is 21.0. The van der Waals surface area contributed by atoms with E-state index in [1.165, 1.54) is 19.1 Å². The van der Waals surface area contributed by atoms with Crippen molar-refractivity contribution in [2.45, 2.75) is 39.0 Å². The Hall–Kier alpha value is -3.35. The summed E-state index contributed by atoms with van der Waals surface area (Å²) in [6.07, 6.45) is 2.03. The van der Waals surface area contributed by atoms with Crippen LogP contribution in [0.15, 0.2) is 34.7 Å². The molecule has 150 valence electrons. The quantitative estimate of drug-likeness (QED) is 0.236. The normalized spacial score (nSPS) is 12.3. The zero-order valence-corrected chi connectivity index (χ0v) is 16.0. The van der Waals surface area contributed by atoms with E-state index in [-0.39, 0.29) is 40.6 Å². The van der Waals surface area contributed by atoms with E-state index in [1.54, 1.807) is 18.2 Å². The molecule has 0 atom stereocenters. The first kappa shape index (κ1) is 20.4. The Kier molecular flexibility index (Phi) is 6.16. The lowest BCUT2D eigenvalue weighted by Crippen LogP contribution is -2.18. The number of Topliss-reactive ketones (excluding diaryl/α,β-unsaturated/α-hetero) is 2. The maximum Gasteiger partial charge on any atom is 0.313 e. The summed E-state index contributed by atoms with van der Waals surface area (Å²) in [7, 11) is 0. The van der Waals surface area contributed by atoms with Crippen molar-refractivity contribution in [3.05, 3.63) is 58.5 Å². The van der Waals surface area contributed by atoms with Crippen LogP contribution in [0.2, 0.25) is 0 Å². The smallest absolute Gasteiger partial charge is 0.313 e. The summed E-state index contributed by atoms with van der Waals surface area (Å²) in [6.45, 7) is 1.68. The average molecular weight is 396 g/mol. The summed E-state index contributed by atoms with van der Waals surface area (Å²) in [5, 5.41) is 0. The molecule has 0 saturated carbocycles. The van der Waals surface area contributed by atoms with Gasteiger partial charge in [-0.2, -0.15) is 0 Å². The van der Waals surface area contributed by atoms with Crippen LogP contribution in [0.1, 0.15) is 81.6 Å². The third-order valence-electron chi connectivity index (χ3n) is 4.62. The Morgan fingerprint density at radius 1 is 0.931 bits per heavy atom. The molecule has 0 aliphatic heterocycles. The lowest BCUT2D eigenvalue weighted by Gasteiger charge is -2.11. The summed E-state index contributed by atoms with van der Waals surface area (Å²) in [6, 6.07) is 7.57. The molecule has 0 spiro atoms. The van der Waals surface area contributed by atoms with Crippen molar-refractivity contribution in [3.63, 3.8) is 0 Å². The van der Waals surface area contributed by atoms with Gasteiger partial charge in [0.05, 0.1) is 12.2 Å². The summed E-state index contributed by atoms with van der Waals surface area (Å²) in [4.78, 5) is 60.1. The van der Waals surface area contributed by atoms with Gasteiger partial charge >= 0.3 is 5.97 Å². The van der Waals surface area contributed by atoms with Gasteiger partial charge in [-0.1, -0.05) is 24.3 Å². The molecule has 0 radical (unpaired) electrons. The first-order chi connectivity index (χ1) is 13.9. The van der Waals surface area contributed by atoms with E-state index in [2.05, 4.69) is 0 Å². The summed E-state index contributed by atoms with van der Waals surface area (Å²) < 4.78 is 10.3. The molecule has 2 aromatic rings. The van der Waals surface area contributed by atoms with Gasteiger partial charge in [-0.25, -0.2) is 0 Å². The Morgan fingerprint density at radius 2 is 1.62 bits per heavy atom. The number of esters is 1. The van der Waals surface area contributed by atoms with E-state index >= 15 is 0 Å². The molecule has 1 aliphatic carbocycles. The third-order valence-corrected chi connectivity index (χ3v) is 4.62. The second-order valence-corrected chi connectivity index (χ2v) is 6.89. The van der Waals surface area contributed by atoms with Crippen LogP contribution >= 0.6 is 0 Å². The molecule has 1 aromatic heterocycles. The molecule has 1 aliphatic rings. The summed E-state index contributed by atoms with van der Waals surface area (Å²) >= 11 is 0. The minimum absolute atomic E-state index is 0.0240. The van der Waals surface area contributed by atoms with Crippen molar-refractivity contribution < 1.29 is 33.1 Å². The molecule has 0 amide bonds. The highest BCUT2D eigenvalue weighted by Gasteiger charge is 2.34. The molecule has 0 unspecified atom stereocenters. The highest BCUT2D eigenvalue weighted by atomic mass is 16.5. The number of ether oxygens (including phenoxy) is 1. The Labute approximate surface area is 167 Å². The molecule has 0 bridgehead atoms. The molecule has 0 fully saturated rings. The van der Waals surface area contributed by atoms with Gasteiger partial charge in [-0.05, 0) is 32.3 Å². The van der Waals surface area contributed by atoms with Gasteiger partial charge in [0.1, 0.15) is 12.2 Å². The van der Waals surface area contributed by atoms with Crippen LogP contribution in [0.25, 0.3) is 0 Å². The van der Waals surface area contributed by atoms with E-state index in [1.807, 2.05) is 0 Å². The molecule has 7 nitrogen and oxygen atoms in total. The van der Waals surface area contributed by atoms with Crippen LogP contribution in [0.5, 0.6) is 0 Å². The molecule has 1 heterocycles. The van der Waals surface area contributed by atoms with Gasteiger partial charge in [0, 0.05) is 17.5 Å². The van der Waals surface area contributed by atoms with Crippen LogP contribution in [-0.2, 0) is 14.3 Å². The Balaban J connectivity index is 1.58. The molecular formula is C22H20O7. The molecule has 7 heteroatoms. The molecule has 1 aromatic carbocycles.